The molecule has 1 aliphatic rings. The van der Waals surface area contributed by atoms with Crippen LogP contribution in [0.4, 0.5) is 0 Å². The fourth-order valence-corrected chi connectivity index (χ4v) is 2.79. The van der Waals surface area contributed by atoms with Crippen molar-refractivity contribution in [3.05, 3.63) is 29.8 Å². The lowest BCUT2D eigenvalue weighted by atomic mass is 10.0. The first-order valence-electron chi connectivity index (χ1n) is 7.33. The number of rotatable bonds is 6. The minimum Gasteiger partial charge on any atom is -0.497 e. The Labute approximate surface area is 116 Å². The van der Waals surface area contributed by atoms with Gasteiger partial charge in [0.15, 0.2) is 0 Å². The number of piperidine rings is 1. The Hall–Kier alpha value is -1.06. The molecule has 1 atom stereocenters. The van der Waals surface area contributed by atoms with Crippen LogP contribution in [0.3, 0.4) is 0 Å². The van der Waals surface area contributed by atoms with Gasteiger partial charge in [-0.05, 0) is 57.1 Å². The number of nitrogens with one attached hydrogen (secondary N) is 1. The van der Waals surface area contributed by atoms with Crippen LogP contribution in [0.25, 0.3) is 0 Å². The lowest BCUT2D eigenvalue weighted by Gasteiger charge is -2.32. The molecule has 1 heterocycles. The van der Waals surface area contributed by atoms with Gasteiger partial charge in [-0.25, -0.2) is 0 Å². The lowest BCUT2D eigenvalue weighted by molar-refractivity contribution is 0.175. The minimum atomic E-state index is 0.770. The van der Waals surface area contributed by atoms with E-state index in [4.69, 9.17) is 4.74 Å². The molecule has 0 saturated carbocycles. The van der Waals surface area contributed by atoms with Crippen LogP contribution in [0.15, 0.2) is 24.3 Å². The zero-order valence-electron chi connectivity index (χ0n) is 12.2. The van der Waals surface area contributed by atoms with E-state index in [0.717, 1.165) is 24.9 Å². The molecule has 1 aromatic rings. The molecule has 1 unspecified atom stereocenters. The first kappa shape index (κ1) is 14.4. The van der Waals surface area contributed by atoms with E-state index in [9.17, 15) is 0 Å². The second-order valence-electron chi connectivity index (χ2n) is 5.45. The number of ether oxygens (including phenoxy) is 1. The highest BCUT2D eigenvalue weighted by atomic mass is 16.5. The van der Waals surface area contributed by atoms with Crippen molar-refractivity contribution in [2.45, 2.75) is 38.3 Å². The predicted molar refractivity (Wildman–Crippen MR) is 79.6 cm³/mol. The molecule has 1 aliphatic heterocycles. The Bertz CT molecular complexity index is 381. The molecule has 19 heavy (non-hydrogen) atoms. The fraction of sp³-hybridized carbons (Fsp3) is 0.625. The van der Waals surface area contributed by atoms with Gasteiger partial charge in [-0.2, -0.15) is 0 Å². The van der Waals surface area contributed by atoms with Gasteiger partial charge < -0.3 is 15.0 Å². The van der Waals surface area contributed by atoms with Crippen molar-refractivity contribution in [3.63, 3.8) is 0 Å². The Morgan fingerprint density at radius 1 is 1.37 bits per heavy atom. The van der Waals surface area contributed by atoms with Crippen molar-refractivity contribution in [1.82, 2.24) is 10.2 Å². The van der Waals surface area contributed by atoms with Crippen molar-refractivity contribution in [1.29, 1.82) is 0 Å². The molecule has 0 bridgehead atoms. The van der Waals surface area contributed by atoms with E-state index in [1.807, 2.05) is 12.1 Å². The molecule has 1 aromatic carbocycles. The summed E-state index contributed by atoms with van der Waals surface area (Å²) in [6.07, 6.45) is 5.37. The highest BCUT2D eigenvalue weighted by Gasteiger charge is 2.17. The molecule has 0 radical (unpaired) electrons. The van der Waals surface area contributed by atoms with Gasteiger partial charge in [-0.15, -0.1) is 0 Å². The Balaban J connectivity index is 1.68. The Morgan fingerprint density at radius 3 is 3.05 bits per heavy atom. The smallest absolute Gasteiger partial charge is 0.119 e. The average Bonchev–Trinajstić information content (AvgIpc) is 2.45. The summed E-state index contributed by atoms with van der Waals surface area (Å²) >= 11 is 0. The van der Waals surface area contributed by atoms with E-state index < -0.39 is 0 Å². The summed E-state index contributed by atoms with van der Waals surface area (Å²) in [5.74, 6) is 0.936. The third kappa shape index (κ3) is 4.51. The maximum atomic E-state index is 5.24. The Kier molecular flexibility index (Phi) is 5.67. The molecule has 0 aromatic heterocycles. The van der Waals surface area contributed by atoms with E-state index in [1.165, 1.54) is 37.8 Å². The molecule has 3 nitrogen and oxygen atoms in total. The van der Waals surface area contributed by atoms with Gasteiger partial charge in [-0.1, -0.05) is 18.6 Å². The van der Waals surface area contributed by atoms with E-state index in [0.29, 0.717) is 0 Å². The standard InChI is InChI=1S/C16H26N2O/c1-18-11-4-3-7-15(18)9-10-17-13-14-6-5-8-16(12-14)19-2/h5-6,8,12,15,17H,3-4,7,9-11,13H2,1-2H3. The fourth-order valence-electron chi connectivity index (χ4n) is 2.79. The largest absolute Gasteiger partial charge is 0.497 e. The van der Waals surface area contributed by atoms with Crippen LogP contribution >= 0.6 is 0 Å². The quantitative estimate of drug-likeness (QED) is 0.798. The van der Waals surface area contributed by atoms with Crippen LogP contribution in [0.5, 0.6) is 5.75 Å². The first-order valence-corrected chi connectivity index (χ1v) is 7.33. The van der Waals surface area contributed by atoms with Gasteiger partial charge in [0.05, 0.1) is 7.11 Å². The summed E-state index contributed by atoms with van der Waals surface area (Å²) in [7, 11) is 3.97. The number of hydrogen-bond acceptors (Lipinski definition) is 3. The van der Waals surface area contributed by atoms with Gasteiger partial charge in [0, 0.05) is 12.6 Å². The summed E-state index contributed by atoms with van der Waals surface area (Å²) < 4.78 is 5.24. The van der Waals surface area contributed by atoms with Crippen LogP contribution < -0.4 is 10.1 Å². The summed E-state index contributed by atoms with van der Waals surface area (Å²) in [5.41, 5.74) is 1.29. The molecule has 0 amide bonds. The van der Waals surface area contributed by atoms with Crippen LogP contribution in [-0.2, 0) is 6.54 Å². The average molecular weight is 262 g/mol. The molecular formula is C16H26N2O. The molecule has 3 heteroatoms. The molecular weight excluding hydrogens is 236 g/mol. The Morgan fingerprint density at radius 2 is 2.26 bits per heavy atom. The van der Waals surface area contributed by atoms with E-state index in [1.54, 1.807) is 7.11 Å². The lowest BCUT2D eigenvalue weighted by Crippen LogP contribution is -2.38. The van der Waals surface area contributed by atoms with Crippen LogP contribution in [0, 0.1) is 0 Å². The minimum absolute atomic E-state index is 0.770. The number of hydrogen-bond donors (Lipinski definition) is 1. The van der Waals surface area contributed by atoms with Gasteiger partial charge in [0.1, 0.15) is 5.75 Å². The summed E-state index contributed by atoms with van der Waals surface area (Å²) in [6, 6.07) is 9.04. The third-order valence-electron chi connectivity index (χ3n) is 4.04. The van der Waals surface area contributed by atoms with Crippen molar-refractivity contribution in [2.75, 3.05) is 27.2 Å². The van der Waals surface area contributed by atoms with Crippen LogP contribution in [0.2, 0.25) is 0 Å². The van der Waals surface area contributed by atoms with E-state index in [-0.39, 0.29) is 0 Å². The third-order valence-corrected chi connectivity index (χ3v) is 4.04. The van der Waals surface area contributed by atoms with Crippen molar-refractivity contribution in [3.8, 4) is 5.75 Å². The van der Waals surface area contributed by atoms with Gasteiger partial charge in [0.2, 0.25) is 0 Å². The molecule has 106 valence electrons. The van der Waals surface area contributed by atoms with E-state index in [2.05, 4.69) is 29.4 Å². The number of nitrogens with zero attached hydrogens (tertiary/aromatic N) is 1. The zero-order chi connectivity index (χ0) is 13.5. The molecule has 0 spiro atoms. The first-order chi connectivity index (χ1) is 9.29. The van der Waals surface area contributed by atoms with E-state index >= 15 is 0 Å². The maximum Gasteiger partial charge on any atom is 0.119 e. The molecule has 1 N–H and O–H groups in total. The number of benzene rings is 1. The molecule has 2 rings (SSSR count). The summed E-state index contributed by atoms with van der Waals surface area (Å²) in [6.45, 7) is 3.28. The van der Waals surface area contributed by atoms with Crippen molar-refractivity contribution < 1.29 is 4.74 Å². The van der Waals surface area contributed by atoms with Gasteiger partial charge in [-0.3, -0.25) is 0 Å². The van der Waals surface area contributed by atoms with Crippen molar-refractivity contribution in [2.24, 2.45) is 0 Å². The molecule has 0 aliphatic carbocycles. The molecule has 1 saturated heterocycles. The molecule has 1 fully saturated rings. The maximum absolute atomic E-state index is 5.24. The SMILES string of the molecule is COc1cccc(CNCCC2CCCCN2C)c1. The second-order valence-corrected chi connectivity index (χ2v) is 5.45. The number of methoxy groups -OCH3 is 1. The summed E-state index contributed by atoms with van der Waals surface area (Å²) in [5, 5.41) is 3.54. The van der Waals surface area contributed by atoms with Crippen LogP contribution in [-0.4, -0.2) is 38.2 Å². The normalized spacial score (nSPS) is 20.4. The zero-order valence-corrected chi connectivity index (χ0v) is 12.2. The second kappa shape index (κ2) is 7.51. The van der Waals surface area contributed by atoms with Crippen LogP contribution in [0.1, 0.15) is 31.2 Å². The predicted octanol–water partition coefficient (Wildman–Crippen LogP) is 2.66. The highest BCUT2D eigenvalue weighted by molar-refractivity contribution is 5.28. The monoisotopic (exact) mass is 262 g/mol. The highest BCUT2D eigenvalue weighted by Crippen LogP contribution is 2.17. The topological polar surface area (TPSA) is 24.5 Å². The van der Waals surface area contributed by atoms with Gasteiger partial charge >= 0.3 is 0 Å². The number of likely N-dealkylation sites (tertiary alicyclic amines) is 1. The van der Waals surface area contributed by atoms with Gasteiger partial charge in [0.25, 0.3) is 0 Å². The summed E-state index contributed by atoms with van der Waals surface area (Å²) in [4.78, 5) is 2.51. The van der Waals surface area contributed by atoms with Crippen molar-refractivity contribution >= 4 is 0 Å².